The summed E-state index contributed by atoms with van der Waals surface area (Å²) in [6.07, 6.45) is -2.99. The van der Waals surface area contributed by atoms with E-state index in [-0.39, 0.29) is 22.8 Å². The van der Waals surface area contributed by atoms with E-state index in [1.54, 1.807) is 19.1 Å². The van der Waals surface area contributed by atoms with E-state index in [0.717, 1.165) is 6.20 Å². The van der Waals surface area contributed by atoms with Crippen molar-refractivity contribution in [2.45, 2.75) is 13.1 Å². The van der Waals surface area contributed by atoms with Gasteiger partial charge < -0.3 is 20.4 Å². The number of nitrogens with one attached hydrogen (secondary N) is 3. The van der Waals surface area contributed by atoms with Gasteiger partial charge in [0.2, 0.25) is 5.95 Å². The van der Waals surface area contributed by atoms with Gasteiger partial charge >= 0.3 is 6.18 Å². The lowest BCUT2D eigenvalue weighted by Crippen LogP contribution is -2.09. The molecule has 0 saturated heterocycles. The summed E-state index contributed by atoms with van der Waals surface area (Å²) in [5.74, 6) is 0.504. The molecule has 0 aliphatic rings. The molecule has 0 bridgehead atoms. The van der Waals surface area contributed by atoms with Crippen molar-refractivity contribution in [3.05, 3.63) is 35.5 Å². The molecule has 0 spiro atoms. The number of ether oxygens (including phenoxy) is 1. The first-order chi connectivity index (χ1) is 12.9. The molecule has 2 heterocycles. The van der Waals surface area contributed by atoms with E-state index < -0.39 is 11.7 Å². The standard InChI is InChI=1S/C17H16F3N5O2/c1-3-21-14-13-10(17(18,19)20)7-22-15(13)25-16(24-14)23-11-5-4-9(8-26)6-12(11)27-2/h4-8H,3H2,1-2H3,(H3,21,22,23,24,25). The van der Waals surface area contributed by atoms with Gasteiger partial charge in [-0.05, 0) is 25.1 Å². The van der Waals surface area contributed by atoms with Crippen molar-refractivity contribution in [3.8, 4) is 5.75 Å². The highest BCUT2D eigenvalue weighted by atomic mass is 19.4. The maximum atomic E-state index is 13.2. The fourth-order valence-corrected chi connectivity index (χ4v) is 2.61. The molecular formula is C17H16F3N5O2. The number of fused-ring (bicyclic) bond motifs is 1. The number of nitrogens with zero attached hydrogens (tertiary/aromatic N) is 2. The van der Waals surface area contributed by atoms with Crippen LogP contribution in [0.5, 0.6) is 5.75 Å². The largest absolute Gasteiger partial charge is 0.495 e. The Labute approximate surface area is 152 Å². The van der Waals surface area contributed by atoms with Crippen molar-refractivity contribution in [2.75, 3.05) is 24.3 Å². The van der Waals surface area contributed by atoms with Gasteiger partial charge in [0.1, 0.15) is 23.5 Å². The minimum Gasteiger partial charge on any atom is -0.495 e. The van der Waals surface area contributed by atoms with E-state index in [4.69, 9.17) is 4.74 Å². The Morgan fingerprint density at radius 3 is 2.70 bits per heavy atom. The Bertz CT molecular complexity index is 985. The van der Waals surface area contributed by atoms with Gasteiger partial charge in [0.15, 0.2) is 0 Å². The van der Waals surface area contributed by atoms with Crippen LogP contribution in [-0.2, 0) is 6.18 Å². The fourth-order valence-electron chi connectivity index (χ4n) is 2.61. The number of benzene rings is 1. The zero-order chi connectivity index (χ0) is 19.6. The summed E-state index contributed by atoms with van der Waals surface area (Å²) < 4.78 is 44.9. The SMILES string of the molecule is CCNc1nc(Nc2ccc(C=O)cc2OC)nc2[nH]cc(C(F)(F)F)c12. The van der Waals surface area contributed by atoms with Gasteiger partial charge in [-0.3, -0.25) is 4.79 Å². The van der Waals surface area contributed by atoms with Gasteiger partial charge in [0.05, 0.1) is 23.7 Å². The molecule has 3 aromatic rings. The number of aromatic nitrogens is 3. The van der Waals surface area contributed by atoms with Crippen LogP contribution in [0.2, 0.25) is 0 Å². The molecule has 0 fully saturated rings. The van der Waals surface area contributed by atoms with Crippen LogP contribution in [0.15, 0.2) is 24.4 Å². The minimum absolute atomic E-state index is 0.0410. The third-order valence-corrected chi connectivity index (χ3v) is 3.79. The predicted molar refractivity (Wildman–Crippen MR) is 94.7 cm³/mol. The minimum atomic E-state index is -4.53. The lowest BCUT2D eigenvalue weighted by Gasteiger charge is -2.13. The van der Waals surface area contributed by atoms with Gasteiger partial charge in [0, 0.05) is 18.3 Å². The highest BCUT2D eigenvalue weighted by Gasteiger charge is 2.35. The van der Waals surface area contributed by atoms with Crippen LogP contribution in [0.3, 0.4) is 0 Å². The number of carbonyl (C=O) groups is 1. The average Bonchev–Trinajstić information content (AvgIpc) is 3.07. The predicted octanol–water partition coefficient (Wildman–Crippen LogP) is 3.97. The Morgan fingerprint density at radius 1 is 1.30 bits per heavy atom. The zero-order valence-corrected chi connectivity index (χ0v) is 14.4. The number of alkyl halides is 3. The van der Waals surface area contributed by atoms with Crippen LogP contribution in [0.4, 0.5) is 30.6 Å². The molecule has 0 saturated carbocycles. The summed E-state index contributed by atoms with van der Waals surface area (Å²) in [4.78, 5) is 21.7. The molecule has 1 aromatic carbocycles. The fraction of sp³-hybridized carbons (Fsp3) is 0.235. The van der Waals surface area contributed by atoms with Gasteiger partial charge in [-0.1, -0.05) is 0 Å². The van der Waals surface area contributed by atoms with E-state index in [0.29, 0.717) is 29.8 Å². The van der Waals surface area contributed by atoms with E-state index in [9.17, 15) is 18.0 Å². The van der Waals surface area contributed by atoms with E-state index in [1.807, 2.05) is 0 Å². The number of H-pyrrole nitrogens is 1. The first kappa shape index (κ1) is 18.5. The van der Waals surface area contributed by atoms with Gasteiger partial charge in [-0.2, -0.15) is 23.1 Å². The molecule has 0 unspecified atom stereocenters. The number of carbonyl (C=O) groups excluding carboxylic acids is 1. The van der Waals surface area contributed by atoms with Crippen LogP contribution in [0.1, 0.15) is 22.8 Å². The van der Waals surface area contributed by atoms with Crippen molar-refractivity contribution >= 4 is 34.8 Å². The molecule has 2 aromatic heterocycles. The highest BCUT2D eigenvalue weighted by Crippen LogP contribution is 2.38. The number of hydrogen-bond donors (Lipinski definition) is 3. The molecule has 0 radical (unpaired) electrons. The molecule has 0 amide bonds. The van der Waals surface area contributed by atoms with E-state index in [2.05, 4.69) is 25.6 Å². The molecule has 3 N–H and O–H groups in total. The molecule has 10 heteroatoms. The van der Waals surface area contributed by atoms with Crippen molar-refractivity contribution in [1.29, 1.82) is 0 Å². The lowest BCUT2D eigenvalue weighted by molar-refractivity contribution is -0.136. The topological polar surface area (TPSA) is 91.9 Å². The van der Waals surface area contributed by atoms with Crippen LogP contribution in [-0.4, -0.2) is 34.9 Å². The smallest absolute Gasteiger partial charge is 0.418 e. The zero-order valence-electron chi connectivity index (χ0n) is 14.4. The summed E-state index contributed by atoms with van der Waals surface area (Å²) in [5.41, 5.74) is 0.0842. The Morgan fingerprint density at radius 2 is 2.07 bits per heavy atom. The van der Waals surface area contributed by atoms with Crippen LogP contribution >= 0.6 is 0 Å². The first-order valence-electron chi connectivity index (χ1n) is 7.97. The third-order valence-electron chi connectivity index (χ3n) is 3.79. The Hall–Kier alpha value is -3.30. The normalized spacial score (nSPS) is 11.4. The third kappa shape index (κ3) is 3.64. The molecule has 27 heavy (non-hydrogen) atoms. The second-order valence-corrected chi connectivity index (χ2v) is 5.55. The number of hydrogen-bond acceptors (Lipinski definition) is 6. The number of aromatic amines is 1. The number of halogens is 3. The van der Waals surface area contributed by atoms with Gasteiger partial charge in [-0.25, -0.2) is 0 Å². The molecule has 3 rings (SSSR count). The number of anilines is 3. The first-order valence-corrected chi connectivity index (χ1v) is 7.97. The Kier molecular flexibility index (Phi) is 4.89. The average molecular weight is 379 g/mol. The number of aldehydes is 1. The van der Waals surface area contributed by atoms with Crippen molar-refractivity contribution in [1.82, 2.24) is 15.0 Å². The van der Waals surface area contributed by atoms with Crippen molar-refractivity contribution in [2.24, 2.45) is 0 Å². The monoisotopic (exact) mass is 379 g/mol. The second kappa shape index (κ2) is 7.14. The Balaban J connectivity index is 2.07. The number of rotatable bonds is 6. The van der Waals surface area contributed by atoms with E-state index in [1.165, 1.54) is 13.2 Å². The van der Waals surface area contributed by atoms with Crippen LogP contribution in [0, 0.1) is 0 Å². The molecule has 142 valence electrons. The summed E-state index contributed by atoms with van der Waals surface area (Å²) in [5, 5.41) is 5.62. The summed E-state index contributed by atoms with van der Waals surface area (Å²) >= 11 is 0. The summed E-state index contributed by atoms with van der Waals surface area (Å²) in [7, 11) is 1.43. The molecule has 0 atom stereocenters. The maximum Gasteiger partial charge on any atom is 0.418 e. The molecule has 7 nitrogen and oxygen atoms in total. The molecular weight excluding hydrogens is 363 g/mol. The van der Waals surface area contributed by atoms with Gasteiger partial charge in [-0.15, -0.1) is 0 Å². The van der Waals surface area contributed by atoms with Crippen LogP contribution < -0.4 is 15.4 Å². The molecule has 0 aliphatic heterocycles. The van der Waals surface area contributed by atoms with Crippen molar-refractivity contribution < 1.29 is 22.7 Å². The van der Waals surface area contributed by atoms with Crippen molar-refractivity contribution in [3.63, 3.8) is 0 Å². The van der Waals surface area contributed by atoms with Crippen LogP contribution in [0.25, 0.3) is 11.0 Å². The molecule has 0 aliphatic carbocycles. The quantitative estimate of drug-likeness (QED) is 0.561. The lowest BCUT2D eigenvalue weighted by atomic mass is 10.2. The highest BCUT2D eigenvalue weighted by molar-refractivity contribution is 5.92. The van der Waals surface area contributed by atoms with E-state index >= 15 is 0 Å². The number of methoxy groups -OCH3 is 1. The summed E-state index contributed by atoms with van der Waals surface area (Å²) in [6.45, 7) is 2.13. The maximum absolute atomic E-state index is 13.2. The van der Waals surface area contributed by atoms with Gasteiger partial charge in [0.25, 0.3) is 0 Å². The summed E-state index contributed by atoms with van der Waals surface area (Å²) in [6, 6.07) is 4.69. The second-order valence-electron chi connectivity index (χ2n) is 5.55.